The van der Waals surface area contributed by atoms with Crippen molar-refractivity contribution in [1.82, 2.24) is 4.90 Å². The maximum Gasteiger partial charge on any atom is 0.253 e. The Balaban J connectivity index is 2.23. The number of fused-ring (bicyclic) bond motifs is 1. The Morgan fingerprint density at radius 2 is 2.09 bits per heavy atom. The molecule has 120 valence electrons. The topological polar surface area (TPSA) is 38.8 Å². The molecule has 0 saturated heterocycles. The van der Waals surface area contributed by atoms with E-state index in [0.29, 0.717) is 24.7 Å². The standard InChI is InChI=1S/C18H25NO3/c1-6-21-16-7-8-17-14(10-16)9-15(11-22-17)18(20)19(5)13(4)12(2)3/h7-10,12-13H,6,11H2,1-5H3/t13-/m1/s1. The Bertz CT molecular complexity index is 578. The van der Waals surface area contributed by atoms with Crippen LogP contribution in [-0.4, -0.2) is 37.1 Å². The van der Waals surface area contributed by atoms with Crippen LogP contribution in [0, 0.1) is 5.92 Å². The van der Waals surface area contributed by atoms with Crippen molar-refractivity contribution < 1.29 is 14.3 Å². The summed E-state index contributed by atoms with van der Waals surface area (Å²) in [6, 6.07) is 5.87. The van der Waals surface area contributed by atoms with E-state index in [-0.39, 0.29) is 11.9 Å². The van der Waals surface area contributed by atoms with Gasteiger partial charge >= 0.3 is 0 Å². The molecule has 0 spiro atoms. The SMILES string of the molecule is CCOc1ccc2c(c1)C=C(C(=O)N(C)[C@H](C)C(C)C)CO2. The van der Waals surface area contributed by atoms with Crippen LogP contribution >= 0.6 is 0 Å². The molecule has 1 aromatic rings. The van der Waals surface area contributed by atoms with E-state index in [9.17, 15) is 4.79 Å². The normalized spacial score (nSPS) is 14.7. The number of ether oxygens (including phenoxy) is 2. The maximum absolute atomic E-state index is 12.6. The first-order chi connectivity index (χ1) is 10.4. The molecule has 0 aromatic heterocycles. The third-order valence-electron chi connectivity index (χ3n) is 4.18. The van der Waals surface area contributed by atoms with Gasteiger partial charge in [-0.3, -0.25) is 4.79 Å². The highest BCUT2D eigenvalue weighted by atomic mass is 16.5. The van der Waals surface area contributed by atoms with Gasteiger partial charge in [0.15, 0.2) is 0 Å². The molecular weight excluding hydrogens is 278 g/mol. The minimum absolute atomic E-state index is 0.0219. The van der Waals surface area contributed by atoms with E-state index in [0.717, 1.165) is 17.1 Å². The number of hydrogen-bond acceptors (Lipinski definition) is 3. The summed E-state index contributed by atoms with van der Waals surface area (Å²) in [6.45, 7) is 9.17. The molecule has 0 N–H and O–H groups in total. The van der Waals surface area contributed by atoms with Crippen molar-refractivity contribution in [3.8, 4) is 11.5 Å². The molecule has 1 aliphatic heterocycles. The second-order valence-corrected chi connectivity index (χ2v) is 5.99. The van der Waals surface area contributed by atoms with Gasteiger partial charge in [-0.1, -0.05) is 13.8 Å². The average molecular weight is 303 g/mol. The Morgan fingerprint density at radius 1 is 1.36 bits per heavy atom. The number of rotatable bonds is 5. The molecule has 0 bridgehead atoms. The molecule has 4 nitrogen and oxygen atoms in total. The predicted molar refractivity (Wildman–Crippen MR) is 88.2 cm³/mol. The van der Waals surface area contributed by atoms with Crippen molar-refractivity contribution in [2.75, 3.05) is 20.3 Å². The quantitative estimate of drug-likeness (QED) is 0.837. The molecular formula is C18H25NO3. The van der Waals surface area contributed by atoms with Gasteiger partial charge in [-0.2, -0.15) is 0 Å². The van der Waals surface area contributed by atoms with Gasteiger partial charge in [0, 0.05) is 18.7 Å². The second-order valence-electron chi connectivity index (χ2n) is 5.99. The number of carbonyl (C=O) groups excluding carboxylic acids is 1. The lowest BCUT2D eigenvalue weighted by molar-refractivity contribution is -0.128. The van der Waals surface area contributed by atoms with Crippen LogP contribution in [0.5, 0.6) is 11.5 Å². The van der Waals surface area contributed by atoms with E-state index in [4.69, 9.17) is 9.47 Å². The number of amides is 1. The van der Waals surface area contributed by atoms with Crippen LogP contribution in [0.15, 0.2) is 23.8 Å². The van der Waals surface area contributed by atoms with Crippen LogP contribution in [-0.2, 0) is 4.79 Å². The monoisotopic (exact) mass is 303 g/mol. The number of hydrogen-bond donors (Lipinski definition) is 0. The fraction of sp³-hybridized carbons (Fsp3) is 0.500. The summed E-state index contributed by atoms with van der Waals surface area (Å²) >= 11 is 0. The number of carbonyl (C=O) groups is 1. The highest BCUT2D eigenvalue weighted by molar-refractivity contribution is 5.99. The molecule has 1 heterocycles. The summed E-state index contributed by atoms with van der Waals surface area (Å²) in [7, 11) is 1.85. The van der Waals surface area contributed by atoms with Gasteiger partial charge in [0.2, 0.25) is 0 Å². The fourth-order valence-electron chi connectivity index (χ4n) is 2.39. The lowest BCUT2D eigenvalue weighted by Gasteiger charge is -2.30. The van der Waals surface area contributed by atoms with E-state index in [2.05, 4.69) is 20.8 Å². The summed E-state index contributed by atoms with van der Waals surface area (Å²) in [4.78, 5) is 14.4. The third kappa shape index (κ3) is 3.43. The van der Waals surface area contributed by atoms with Crippen molar-refractivity contribution >= 4 is 12.0 Å². The zero-order chi connectivity index (χ0) is 16.3. The van der Waals surface area contributed by atoms with E-state index in [1.807, 2.05) is 38.2 Å². The largest absolute Gasteiger partial charge is 0.494 e. The van der Waals surface area contributed by atoms with Crippen molar-refractivity contribution in [3.63, 3.8) is 0 Å². The van der Waals surface area contributed by atoms with Gasteiger partial charge in [0.1, 0.15) is 18.1 Å². The van der Waals surface area contributed by atoms with E-state index >= 15 is 0 Å². The summed E-state index contributed by atoms with van der Waals surface area (Å²) < 4.78 is 11.2. The number of likely N-dealkylation sites (N-methyl/N-ethyl adjacent to an activating group) is 1. The summed E-state index contributed by atoms with van der Waals surface area (Å²) in [5.41, 5.74) is 1.57. The van der Waals surface area contributed by atoms with Crippen LogP contribution in [0.2, 0.25) is 0 Å². The second kappa shape index (κ2) is 6.86. The van der Waals surface area contributed by atoms with Gasteiger partial charge < -0.3 is 14.4 Å². The third-order valence-corrected chi connectivity index (χ3v) is 4.18. The highest BCUT2D eigenvalue weighted by Crippen LogP contribution is 2.30. The lowest BCUT2D eigenvalue weighted by atomic mass is 10.0. The predicted octanol–water partition coefficient (Wildman–Crippen LogP) is 3.36. The molecule has 2 rings (SSSR count). The van der Waals surface area contributed by atoms with Gasteiger partial charge in [-0.05, 0) is 44.0 Å². The van der Waals surface area contributed by atoms with Crippen molar-refractivity contribution in [2.45, 2.75) is 33.7 Å². The Kier molecular flexibility index (Phi) is 5.11. The zero-order valence-corrected chi connectivity index (χ0v) is 14.1. The summed E-state index contributed by atoms with van der Waals surface area (Å²) in [5.74, 6) is 2.02. The van der Waals surface area contributed by atoms with Gasteiger partial charge in [-0.25, -0.2) is 0 Å². The number of nitrogens with zero attached hydrogens (tertiary/aromatic N) is 1. The number of benzene rings is 1. The molecule has 4 heteroatoms. The first-order valence-corrected chi connectivity index (χ1v) is 7.81. The highest BCUT2D eigenvalue weighted by Gasteiger charge is 2.24. The molecule has 0 fully saturated rings. The lowest BCUT2D eigenvalue weighted by Crippen LogP contribution is -2.40. The maximum atomic E-state index is 12.6. The minimum atomic E-state index is 0.0219. The van der Waals surface area contributed by atoms with Crippen LogP contribution in [0.4, 0.5) is 0 Å². The molecule has 1 aliphatic rings. The van der Waals surface area contributed by atoms with E-state index in [1.54, 1.807) is 4.90 Å². The smallest absolute Gasteiger partial charge is 0.253 e. The van der Waals surface area contributed by atoms with E-state index in [1.165, 1.54) is 0 Å². The van der Waals surface area contributed by atoms with Crippen LogP contribution in [0.3, 0.4) is 0 Å². The first-order valence-electron chi connectivity index (χ1n) is 7.81. The van der Waals surface area contributed by atoms with Gasteiger partial charge in [0.05, 0.1) is 12.2 Å². The molecule has 22 heavy (non-hydrogen) atoms. The molecule has 1 atom stereocenters. The molecule has 0 unspecified atom stereocenters. The molecule has 0 saturated carbocycles. The Morgan fingerprint density at radius 3 is 2.73 bits per heavy atom. The molecule has 0 aliphatic carbocycles. The van der Waals surface area contributed by atoms with Crippen LogP contribution in [0.1, 0.15) is 33.3 Å². The zero-order valence-electron chi connectivity index (χ0n) is 14.1. The molecule has 1 aromatic carbocycles. The van der Waals surface area contributed by atoms with Crippen molar-refractivity contribution in [2.24, 2.45) is 5.92 Å². The van der Waals surface area contributed by atoms with Gasteiger partial charge in [-0.15, -0.1) is 0 Å². The minimum Gasteiger partial charge on any atom is -0.494 e. The molecule has 0 radical (unpaired) electrons. The summed E-state index contributed by atoms with van der Waals surface area (Å²) in [6.07, 6.45) is 1.91. The van der Waals surface area contributed by atoms with Crippen LogP contribution in [0.25, 0.3) is 6.08 Å². The fourth-order valence-corrected chi connectivity index (χ4v) is 2.39. The summed E-state index contributed by atoms with van der Waals surface area (Å²) in [5, 5.41) is 0. The van der Waals surface area contributed by atoms with Gasteiger partial charge in [0.25, 0.3) is 5.91 Å². The Hall–Kier alpha value is -1.97. The average Bonchev–Trinajstić information content (AvgIpc) is 2.52. The molecule has 1 amide bonds. The van der Waals surface area contributed by atoms with Crippen molar-refractivity contribution in [3.05, 3.63) is 29.3 Å². The Labute approximate surface area is 132 Å². The first kappa shape index (κ1) is 16.4. The van der Waals surface area contributed by atoms with E-state index < -0.39 is 0 Å². The van der Waals surface area contributed by atoms with Crippen LogP contribution < -0.4 is 9.47 Å². The van der Waals surface area contributed by atoms with Crippen molar-refractivity contribution in [1.29, 1.82) is 0 Å².